The molecule has 0 saturated carbocycles. The molecule has 1 fully saturated rings. The minimum absolute atomic E-state index is 0.0500. The molecule has 1 saturated heterocycles. The van der Waals surface area contributed by atoms with E-state index >= 15 is 0 Å². The smallest absolute Gasteiger partial charge is 0.326 e. The van der Waals surface area contributed by atoms with Crippen LogP contribution in [0, 0.1) is 5.92 Å². The Morgan fingerprint density at radius 2 is 2.32 bits per heavy atom. The molecule has 4 heterocycles. The van der Waals surface area contributed by atoms with E-state index < -0.39 is 0 Å². The molecule has 0 amide bonds. The molecular formula is C13H15N5O. The number of nitrogens with zero attached hydrogens (tertiary/aromatic N) is 2. The first-order valence-corrected chi connectivity index (χ1v) is 6.52. The minimum Gasteiger partial charge on any atom is -0.346 e. The summed E-state index contributed by atoms with van der Waals surface area (Å²) in [5.74, 6) is 0.443. The van der Waals surface area contributed by atoms with E-state index in [2.05, 4.69) is 27.2 Å². The second-order valence-corrected chi connectivity index (χ2v) is 5.26. The fourth-order valence-corrected chi connectivity index (χ4v) is 3.08. The lowest BCUT2D eigenvalue weighted by atomic mass is 10.1. The van der Waals surface area contributed by atoms with Gasteiger partial charge in [0.25, 0.3) is 0 Å². The number of nitrogens with one attached hydrogen (secondary N) is 3. The summed E-state index contributed by atoms with van der Waals surface area (Å²) < 4.78 is 1.89. The van der Waals surface area contributed by atoms with Gasteiger partial charge in [0.05, 0.1) is 23.3 Å². The molecule has 6 nitrogen and oxygen atoms in total. The van der Waals surface area contributed by atoms with Crippen LogP contribution < -0.4 is 11.0 Å². The van der Waals surface area contributed by atoms with Crippen LogP contribution in [-0.4, -0.2) is 32.6 Å². The topological polar surface area (TPSA) is 78.5 Å². The first-order valence-electron chi connectivity index (χ1n) is 6.52. The Morgan fingerprint density at radius 1 is 1.42 bits per heavy atom. The van der Waals surface area contributed by atoms with Gasteiger partial charge in [-0.1, -0.05) is 6.92 Å². The van der Waals surface area contributed by atoms with Gasteiger partial charge in [-0.2, -0.15) is 0 Å². The molecule has 1 aliphatic rings. The first-order chi connectivity index (χ1) is 9.25. The predicted octanol–water partition coefficient (Wildman–Crippen LogP) is 0.986. The molecule has 0 aliphatic carbocycles. The van der Waals surface area contributed by atoms with Gasteiger partial charge in [-0.3, -0.25) is 4.57 Å². The van der Waals surface area contributed by atoms with Gasteiger partial charge < -0.3 is 15.3 Å². The van der Waals surface area contributed by atoms with Crippen molar-refractivity contribution < 1.29 is 0 Å². The van der Waals surface area contributed by atoms with Crippen LogP contribution in [0.4, 0.5) is 0 Å². The zero-order valence-corrected chi connectivity index (χ0v) is 10.6. The van der Waals surface area contributed by atoms with Crippen LogP contribution in [0.5, 0.6) is 0 Å². The molecule has 1 aliphatic heterocycles. The van der Waals surface area contributed by atoms with Gasteiger partial charge >= 0.3 is 5.69 Å². The third-order valence-electron chi connectivity index (χ3n) is 4.07. The van der Waals surface area contributed by atoms with Crippen LogP contribution in [0.15, 0.2) is 23.3 Å². The number of rotatable bonds is 1. The number of aromatic nitrogens is 4. The van der Waals surface area contributed by atoms with Gasteiger partial charge in [-0.25, -0.2) is 9.78 Å². The molecule has 3 aromatic heterocycles. The van der Waals surface area contributed by atoms with Crippen molar-refractivity contribution in [3.63, 3.8) is 0 Å². The van der Waals surface area contributed by atoms with Crippen LogP contribution in [0.3, 0.4) is 0 Å². The van der Waals surface area contributed by atoms with Crippen molar-refractivity contribution in [1.82, 2.24) is 24.8 Å². The van der Waals surface area contributed by atoms with E-state index in [1.165, 1.54) is 0 Å². The minimum atomic E-state index is -0.0500. The first kappa shape index (κ1) is 10.8. The Bertz CT molecular complexity index is 811. The monoisotopic (exact) mass is 257 g/mol. The number of hydrogen-bond donors (Lipinski definition) is 3. The summed E-state index contributed by atoms with van der Waals surface area (Å²) in [7, 11) is 0. The van der Waals surface area contributed by atoms with Gasteiger partial charge in [-0.15, -0.1) is 0 Å². The molecule has 0 radical (unpaired) electrons. The highest BCUT2D eigenvalue weighted by atomic mass is 16.1. The number of pyridine rings is 1. The van der Waals surface area contributed by atoms with Crippen molar-refractivity contribution in [3.8, 4) is 0 Å². The highest BCUT2D eigenvalue weighted by Crippen LogP contribution is 2.27. The van der Waals surface area contributed by atoms with Crippen molar-refractivity contribution in [2.75, 3.05) is 13.1 Å². The maximum Gasteiger partial charge on any atom is 0.326 e. The summed E-state index contributed by atoms with van der Waals surface area (Å²) in [4.78, 5) is 22.6. The predicted molar refractivity (Wildman–Crippen MR) is 73.3 cm³/mol. The van der Waals surface area contributed by atoms with E-state index in [0.717, 1.165) is 35.2 Å². The fraction of sp³-hybridized carbons (Fsp3) is 0.385. The molecule has 3 N–H and O–H groups in total. The van der Waals surface area contributed by atoms with E-state index in [0.29, 0.717) is 5.92 Å². The normalized spacial score (nSPS) is 23.6. The molecule has 0 aromatic carbocycles. The molecule has 0 bridgehead atoms. The van der Waals surface area contributed by atoms with Crippen molar-refractivity contribution in [3.05, 3.63) is 28.9 Å². The average molecular weight is 257 g/mol. The number of H-pyrrole nitrogens is 2. The maximum absolute atomic E-state index is 12.3. The van der Waals surface area contributed by atoms with Crippen LogP contribution in [0.25, 0.3) is 22.1 Å². The number of hydrogen-bond acceptors (Lipinski definition) is 3. The largest absolute Gasteiger partial charge is 0.346 e. The second kappa shape index (κ2) is 3.71. The lowest BCUT2D eigenvalue weighted by Gasteiger charge is -2.16. The van der Waals surface area contributed by atoms with Crippen LogP contribution in [0.1, 0.15) is 13.0 Å². The Hall–Kier alpha value is -2.08. The second-order valence-electron chi connectivity index (χ2n) is 5.26. The standard InChI is InChI=1S/C13H15N5O/c1-7-4-14-6-10(7)18-11-8-2-3-15-12(8)16-5-9(11)17-13(18)19/h2-3,5,7,10,14H,4,6H2,1H3,(H,15,16)(H,17,19)/t7-,10-/m0/s1. The van der Waals surface area contributed by atoms with E-state index in [4.69, 9.17) is 0 Å². The highest BCUT2D eigenvalue weighted by Gasteiger charge is 2.28. The summed E-state index contributed by atoms with van der Waals surface area (Å²) in [6, 6.07) is 2.17. The molecule has 19 heavy (non-hydrogen) atoms. The highest BCUT2D eigenvalue weighted by molar-refractivity contribution is 6.00. The van der Waals surface area contributed by atoms with Gasteiger partial charge in [0, 0.05) is 18.1 Å². The zero-order valence-electron chi connectivity index (χ0n) is 10.6. The molecule has 0 unspecified atom stereocenters. The summed E-state index contributed by atoms with van der Waals surface area (Å²) in [6.07, 6.45) is 3.58. The number of fused-ring (bicyclic) bond motifs is 3. The van der Waals surface area contributed by atoms with E-state index in [1.807, 2.05) is 16.8 Å². The summed E-state index contributed by atoms with van der Waals surface area (Å²) in [6.45, 7) is 3.96. The van der Waals surface area contributed by atoms with Crippen LogP contribution in [-0.2, 0) is 0 Å². The molecule has 4 rings (SSSR count). The van der Waals surface area contributed by atoms with Crippen LogP contribution in [0.2, 0.25) is 0 Å². The lowest BCUT2D eigenvalue weighted by Crippen LogP contribution is -2.26. The SMILES string of the molecule is C[C@H]1CNC[C@@H]1n1c(=O)[nH]c2cnc3[nH]ccc3c21. The third kappa shape index (κ3) is 1.40. The van der Waals surface area contributed by atoms with E-state index in [9.17, 15) is 4.79 Å². The van der Waals surface area contributed by atoms with Crippen molar-refractivity contribution in [1.29, 1.82) is 0 Å². The Kier molecular flexibility index (Phi) is 2.11. The van der Waals surface area contributed by atoms with Crippen molar-refractivity contribution in [2.45, 2.75) is 13.0 Å². The van der Waals surface area contributed by atoms with E-state index in [1.54, 1.807) is 6.20 Å². The quantitative estimate of drug-likeness (QED) is 0.608. The molecule has 2 atom stereocenters. The molecule has 0 spiro atoms. The molecule has 98 valence electrons. The average Bonchev–Trinajstić information content (AvgIpc) is 3.05. The van der Waals surface area contributed by atoms with Gasteiger partial charge in [0.1, 0.15) is 5.65 Å². The van der Waals surface area contributed by atoms with Crippen LogP contribution >= 0.6 is 0 Å². The van der Waals surface area contributed by atoms with Crippen molar-refractivity contribution >= 4 is 22.1 Å². The van der Waals surface area contributed by atoms with Gasteiger partial charge in [0.2, 0.25) is 0 Å². The van der Waals surface area contributed by atoms with Gasteiger partial charge in [0.15, 0.2) is 0 Å². The Labute approximate surface area is 108 Å². The molecule has 6 heteroatoms. The van der Waals surface area contributed by atoms with Gasteiger partial charge in [-0.05, 0) is 18.5 Å². The Morgan fingerprint density at radius 3 is 3.11 bits per heavy atom. The fourth-order valence-electron chi connectivity index (χ4n) is 3.08. The summed E-state index contributed by atoms with van der Waals surface area (Å²) in [5.41, 5.74) is 2.53. The lowest BCUT2D eigenvalue weighted by molar-refractivity contribution is 0.438. The maximum atomic E-state index is 12.3. The molecule has 3 aromatic rings. The summed E-state index contributed by atoms with van der Waals surface area (Å²) >= 11 is 0. The zero-order chi connectivity index (χ0) is 13.0. The van der Waals surface area contributed by atoms with E-state index in [-0.39, 0.29) is 11.7 Å². The number of imidazole rings is 1. The Balaban J connectivity index is 2.10. The number of aromatic amines is 2. The summed E-state index contributed by atoms with van der Waals surface area (Å²) in [5, 5.41) is 4.34. The third-order valence-corrected chi connectivity index (χ3v) is 4.07. The van der Waals surface area contributed by atoms with Crippen molar-refractivity contribution in [2.24, 2.45) is 5.92 Å². The molecular weight excluding hydrogens is 242 g/mol.